The Labute approximate surface area is 129 Å². The van der Waals surface area contributed by atoms with Crippen LogP contribution in [0.15, 0.2) is 42.6 Å². The first-order valence-corrected chi connectivity index (χ1v) is 7.38. The molecule has 1 aliphatic heterocycles. The minimum Gasteiger partial charge on any atom is -0.495 e. The summed E-state index contributed by atoms with van der Waals surface area (Å²) in [5.41, 5.74) is 2.45. The Morgan fingerprint density at radius 2 is 2.09 bits per heavy atom. The monoisotopic (exact) mass is 297 g/mol. The van der Waals surface area contributed by atoms with E-state index in [-0.39, 0.29) is 5.91 Å². The number of carbonyl (C=O) groups excluding carboxylic acids is 1. The van der Waals surface area contributed by atoms with Gasteiger partial charge in [-0.2, -0.15) is 0 Å². The summed E-state index contributed by atoms with van der Waals surface area (Å²) >= 11 is 0. The Morgan fingerprint density at radius 3 is 2.68 bits per heavy atom. The van der Waals surface area contributed by atoms with E-state index in [4.69, 9.17) is 4.74 Å². The lowest BCUT2D eigenvalue weighted by Crippen LogP contribution is -2.13. The van der Waals surface area contributed by atoms with Crippen LogP contribution in [0.4, 0.5) is 5.69 Å². The predicted octanol–water partition coefficient (Wildman–Crippen LogP) is 2.42. The van der Waals surface area contributed by atoms with Gasteiger partial charge in [-0.15, -0.1) is 0 Å². The van der Waals surface area contributed by atoms with Crippen molar-refractivity contribution < 1.29 is 9.53 Å². The molecular formula is C17H19N3O2. The zero-order chi connectivity index (χ0) is 15.4. The van der Waals surface area contributed by atoms with Crippen molar-refractivity contribution in [3.63, 3.8) is 0 Å². The number of nitrogens with zero attached hydrogens (tertiary/aromatic N) is 1. The molecular weight excluding hydrogens is 278 g/mol. The standard InChI is InChI=1S/C17H19N3O2/c1-22-15-6-7-16(19-11-15)17(21)20-14-4-2-12(3-5-14)13-8-9-18-10-13/h2-7,11,13,18H,8-10H2,1H3,(H,20,21)/t13-/m0/s1. The van der Waals surface area contributed by atoms with E-state index in [9.17, 15) is 4.79 Å². The van der Waals surface area contributed by atoms with Crippen molar-refractivity contribution in [3.05, 3.63) is 53.9 Å². The molecule has 114 valence electrons. The molecule has 0 saturated carbocycles. The Morgan fingerprint density at radius 1 is 1.27 bits per heavy atom. The molecule has 22 heavy (non-hydrogen) atoms. The minimum atomic E-state index is -0.224. The fourth-order valence-corrected chi connectivity index (χ4v) is 2.61. The van der Waals surface area contributed by atoms with Gasteiger partial charge in [-0.1, -0.05) is 12.1 Å². The van der Waals surface area contributed by atoms with Gasteiger partial charge >= 0.3 is 0 Å². The molecule has 0 aliphatic carbocycles. The lowest BCUT2D eigenvalue weighted by Gasteiger charge is -2.10. The highest BCUT2D eigenvalue weighted by atomic mass is 16.5. The number of hydrogen-bond acceptors (Lipinski definition) is 4. The van der Waals surface area contributed by atoms with E-state index in [2.05, 4.69) is 27.8 Å². The number of aromatic nitrogens is 1. The van der Waals surface area contributed by atoms with E-state index in [1.807, 2.05) is 12.1 Å². The smallest absolute Gasteiger partial charge is 0.274 e. The molecule has 3 rings (SSSR count). The molecule has 1 amide bonds. The number of hydrogen-bond donors (Lipinski definition) is 2. The van der Waals surface area contributed by atoms with Crippen LogP contribution in [0, 0.1) is 0 Å². The lowest BCUT2D eigenvalue weighted by molar-refractivity contribution is 0.102. The third-order valence-corrected chi connectivity index (χ3v) is 3.90. The summed E-state index contributed by atoms with van der Waals surface area (Å²) < 4.78 is 5.03. The molecule has 2 heterocycles. The van der Waals surface area contributed by atoms with Crippen molar-refractivity contribution in [3.8, 4) is 5.75 Å². The maximum absolute atomic E-state index is 12.1. The maximum Gasteiger partial charge on any atom is 0.274 e. The Hall–Kier alpha value is -2.40. The number of nitrogens with one attached hydrogen (secondary N) is 2. The molecule has 5 heteroatoms. The minimum absolute atomic E-state index is 0.224. The molecule has 0 radical (unpaired) electrons. The fourth-order valence-electron chi connectivity index (χ4n) is 2.61. The van der Waals surface area contributed by atoms with Crippen LogP contribution in [0.1, 0.15) is 28.4 Å². The van der Waals surface area contributed by atoms with Crippen LogP contribution in [0.3, 0.4) is 0 Å². The highest BCUT2D eigenvalue weighted by Crippen LogP contribution is 2.23. The molecule has 1 aliphatic rings. The molecule has 0 unspecified atom stereocenters. The maximum atomic E-state index is 12.1. The quantitative estimate of drug-likeness (QED) is 0.909. The van der Waals surface area contributed by atoms with E-state index in [0.717, 1.165) is 18.8 Å². The lowest BCUT2D eigenvalue weighted by atomic mass is 9.98. The van der Waals surface area contributed by atoms with Gasteiger partial charge in [-0.25, -0.2) is 4.98 Å². The van der Waals surface area contributed by atoms with Crippen molar-refractivity contribution in [1.82, 2.24) is 10.3 Å². The average Bonchev–Trinajstić information content (AvgIpc) is 3.10. The second-order valence-electron chi connectivity index (χ2n) is 5.35. The van der Waals surface area contributed by atoms with Crippen LogP contribution in [0.2, 0.25) is 0 Å². The van der Waals surface area contributed by atoms with E-state index < -0.39 is 0 Å². The highest BCUT2D eigenvalue weighted by Gasteiger charge is 2.16. The molecule has 1 atom stereocenters. The largest absolute Gasteiger partial charge is 0.495 e. The molecule has 1 saturated heterocycles. The second kappa shape index (κ2) is 6.58. The number of carbonyl (C=O) groups is 1. The first-order valence-electron chi connectivity index (χ1n) is 7.38. The van der Waals surface area contributed by atoms with Gasteiger partial charge in [0.1, 0.15) is 11.4 Å². The van der Waals surface area contributed by atoms with Gasteiger partial charge in [0.2, 0.25) is 0 Å². The molecule has 5 nitrogen and oxygen atoms in total. The predicted molar refractivity (Wildman–Crippen MR) is 85.4 cm³/mol. The molecule has 1 fully saturated rings. The summed E-state index contributed by atoms with van der Waals surface area (Å²) in [5.74, 6) is 0.983. The molecule has 1 aromatic carbocycles. The SMILES string of the molecule is COc1ccc(C(=O)Nc2ccc([C@H]3CCNC3)cc2)nc1. The van der Waals surface area contributed by atoms with E-state index in [1.165, 1.54) is 18.2 Å². The summed E-state index contributed by atoms with van der Waals surface area (Å²) in [6, 6.07) is 11.4. The second-order valence-corrected chi connectivity index (χ2v) is 5.35. The number of anilines is 1. The summed E-state index contributed by atoms with van der Waals surface area (Å²) in [7, 11) is 1.57. The van der Waals surface area contributed by atoms with Crippen molar-refractivity contribution in [2.45, 2.75) is 12.3 Å². The van der Waals surface area contributed by atoms with Crippen LogP contribution in [0.25, 0.3) is 0 Å². The van der Waals surface area contributed by atoms with Gasteiger partial charge in [0.15, 0.2) is 0 Å². The Kier molecular flexibility index (Phi) is 4.34. The van der Waals surface area contributed by atoms with Crippen molar-refractivity contribution in [2.24, 2.45) is 0 Å². The molecule has 1 aromatic heterocycles. The van der Waals surface area contributed by atoms with E-state index in [0.29, 0.717) is 17.4 Å². The van der Waals surface area contributed by atoms with Gasteiger partial charge in [0.05, 0.1) is 13.3 Å². The topological polar surface area (TPSA) is 63.2 Å². The Bertz CT molecular complexity index is 632. The molecule has 0 spiro atoms. The average molecular weight is 297 g/mol. The molecule has 2 N–H and O–H groups in total. The van der Waals surface area contributed by atoms with Crippen LogP contribution in [0.5, 0.6) is 5.75 Å². The van der Waals surface area contributed by atoms with Gasteiger partial charge < -0.3 is 15.4 Å². The summed E-state index contributed by atoms with van der Waals surface area (Å²) in [4.78, 5) is 16.2. The summed E-state index contributed by atoms with van der Waals surface area (Å²) in [6.07, 6.45) is 2.70. The van der Waals surface area contributed by atoms with E-state index in [1.54, 1.807) is 19.2 Å². The molecule has 2 aromatic rings. The van der Waals surface area contributed by atoms with Gasteiger partial charge in [0, 0.05) is 12.2 Å². The molecule has 0 bridgehead atoms. The zero-order valence-corrected chi connectivity index (χ0v) is 12.5. The third-order valence-electron chi connectivity index (χ3n) is 3.90. The van der Waals surface area contributed by atoms with Crippen LogP contribution in [-0.4, -0.2) is 31.1 Å². The fraction of sp³-hybridized carbons (Fsp3) is 0.294. The van der Waals surface area contributed by atoms with Crippen LogP contribution >= 0.6 is 0 Å². The zero-order valence-electron chi connectivity index (χ0n) is 12.5. The highest BCUT2D eigenvalue weighted by molar-refractivity contribution is 6.02. The van der Waals surface area contributed by atoms with Gasteiger partial charge in [-0.3, -0.25) is 4.79 Å². The normalized spacial score (nSPS) is 17.2. The van der Waals surface area contributed by atoms with Gasteiger partial charge in [-0.05, 0) is 48.7 Å². The van der Waals surface area contributed by atoms with Gasteiger partial charge in [0.25, 0.3) is 5.91 Å². The van der Waals surface area contributed by atoms with Crippen molar-refractivity contribution >= 4 is 11.6 Å². The summed E-state index contributed by atoms with van der Waals surface area (Å²) in [5, 5.41) is 6.22. The number of methoxy groups -OCH3 is 1. The first-order chi connectivity index (χ1) is 10.8. The number of ether oxygens (including phenoxy) is 1. The first kappa shape index (κ1) is 14.5. The van der Waals surface area contributed by atoms with Crippen molar-refractivity contribution in [2.75, 3.05) is 25.5 Å². The van der Waals surface area contributed by atoms with E-state index >= 15 is 0 Å². The number of rotatable bonds is 4. The number of amides is 1. The Balaban J connectivity index is 1.65. The number of pyridine rings is 1. The van der Waals surface area contributed by atoms with Crippen molar-refractivity contribution in [1.29, 1.82) is 0 Å². The third kappa shape index (κ3) is 3.26. The van der Waals surface area contributed by atoms with Crippen LogP contribution in [-0.2, 0) is 0 Å². The summed E-state index contributed by atoms with van der Waals surface area (Å²) in [6.45, 7) is 2.10. The van der Waals surface area contributed by atoms with Crippen LogP contribution < -0.4 is 15.4 Å². The number of benzene rings is 1.